The third kappa shape index (κ3) is 3.48. The zero-order valence-corrected chi connectivity index (χ0v) is 14.3. The van der Waals surface area contributed by atoms with E-state index in [0.29, 0.717) is 28.1 Å². The minimum atomic E-state index is -0.459. The van der Waals surface area contributed by atoms with Crippen LogP contribution in [0.25, 0.3) is 0 Å². The van der Waals surface area contributed by atoms with Crippen molar-refractivity contribution in [1.29, 1.82) is 0 Å². The minimum Gasteiger partial charge on any atom is -0.462 e. The van der Waals surface area contributed by atoms with E-state index >= 15 is 0 Å². The number of halogens is 1. The van der Waals surface area contributed by atoms with Gasteiger partial charge in [0.1, 0.15) is 11.5 Å². The van der Waals surface area contributed by atoms with Crippen LogP contribution >= 0.6 is 0 Å². The molecular weight excluding hydrogens is 311 g/mol. The molecule has 1 aromatic heterocycles. The molecule has 0 bridgehead atoms. The summed E-state index contributed by atoms with van der Waals surface area (Å²) in [5.41, 5.74) is 2.23. The Morgan fingerprint density at radius 3 is 2.54 bits per heavy atom. The number of aromatic amines is 1. The van der Waals surface area contributed by atoms with Crippen molar-refractivity contribution in [3.8, 4) is 0 Å². The van der Waals surface area contributed by atoms with Crippen molar-refractivity contribution in [3.05, 3.63) is 58.2 Å². The average Bonchev–Trinajstić information content (AvgIpc) is 2.83. The van der Waals surface area contributed by atoms with Crippen LogP contribution in [0.5, 0.6) is 0 Å². The van der Waals surface area contributed by atoms with Crippen LogP contribution in [0.2, 0.25) is 0 Å². The number of amides is 1. The Balaban J connectivity index is 2.25. The van der Waals surface area contributed by atoms with E-state index in [9.17, 15) is 14.0 Å². The predicted octanol–water partition coefficient (Wildman–Crippen LogP) is 3.22. The van der Waals surface area contributed by atoms with Gasteiger partial charge < -0.3 is 14.6 Å². The van der Waals surface area contributed by atoms with E-state index in [4.69, 9.17) is 4.74 Å². The number of carbonyl (C=O) groups excluding carboxylic acids is 2. The molecule has 0 aliphatic heterocycles. The number of nitrogens with zero attached hydrogens (tertiary/aromatic N) is 1. The highest BCUT2D eigenvalue weighted by Gasteiger charge is 2.24. The molecule has 128 valence electrons. The second-order valence-electron chi connectivity index (χ2n) is 5.60. The van der Waals surface area contributed by atoms with Crippen molar-refractivity contribution < 1.29 is 18.7 Å². The third-order valence-electron chi connectivity index (χ3n) is 3.84. The molecule has 0 unspecified atom stereocenters. The first-order chi connectivity index (χ1) is 11.4. The molecule has 2 aromatic rings. The molecule has 2 rings (SSSR count). The summed E-state index contributed by atoms with van der Waals surface area (Å²) < 4.78 is 18.8. The number of aryl methyl sites for hydroxylation is 1. The van der Waals surface area contributed by atoms with Crippen LogP contribution < -0.4 is 0 Å². The molecule has 0 spiro atoms. The van der Waals surface area contributed by atoms with Gasteiger partial charge in [0.25, 0.3) is 5.91 Å². The Morgan fingerprint density at radius 2 is 1.92 bits per heavy atom. The van der Waals surface area contributed by atoms with Gasteiger partial charge in [0, 0.05) is 24.8 Å². The largest absolute Gasteiger partial charge is 0.462 e. The molecule has 0 fully saturated rings. The summed E-state index contributed by atoms with van der Waals surface area (Å²) in [6, 6.07) is 6.32. The zero-order chi connectivity index (χ0) is 17.9. The highest BCUT2D eigenvalue weighted by Crippen LogP contribution is 2.21. The maximum atomic E-state index is 13.7. The van der Waals surface area contributed by atoms with Crippen LogP contribution in [0, 0.1) is 19.7 Å². The van der Waals surface area contributed by atoms with Crippen LogP contribution in [-0.2, 0) is 11.3 Å². The Morgan fingerprint density at radius 1 is 1.25 bits per heavy atom. The Kier molecular flexibility index (Phi) is 5.39. The predicted molar refractivity (Wildman–Crippen MR) is 88.4 cm³/mol. The molecule has 5 nitrogen and oxygen atoms in total. The van der Waals surface area contributed by atoms with Gasteiger partial charge in [0.15, 0.2) is 0 Å². The van der Waals surface area contributed by atoms with Crippen LogP contribution in [-0.4, -0.2) is 35.4 Å². The van der Waals surface area contributed by atoms with Gasteiger partial charge in [-0.15, -0.1) is 0 Å². The van der Waals surface area contributed by atoms with E-state index in [1.54, 1.807) is 46.0 Å². The van der Waals surface area contributed by atoms with Gasteiger partial charge in [0.2, 0.25) is 0 Å². The number of H-pyrrole nitrogens is 1. The molecule has 6 heteroatoms. The van der Waals surface area contributed by atoms with Crippen molar-refractivity contribution in [2.75, 3.05) is 13.7 Å². The summed E-state index contributed by atoms with van der Waals surface area (Å²) in [4.78, 5) is 29.0. The first-order valence-electron chi connectivity index (χ1n) is 7.72. The number of ether oxygens (including phenoxy) is 1. The standard InChI is InChI=1S/C18H21FN2O3/c1-5-24-18(23)15-11(2)16(20-12(15)3)17(22)21(4)10-13-8-6-7-9-14(13)19/h6-9,20H,5,10H2,1-4H3. The summed E-state index contributed by atoms with van der Waals surface area (Å²) in [6.07, 6.45) is 0. The normalized spacial score (nSPS) is 10.5. The summed E-state index contributed by atoms with van der Waals surface area (Å²) in [5, 5.41) is 0. The Labute approximate surface area is 140 Å². The fraction of sp³-hybridized carbons (Fsp3) is 0.333. The molecule has 0 aliphatic carbocycles. The average molecular weight is 332 g/mol. The molecular formula is C18H21FN2O3. The zero-order valence-electron chi connectivity index (χ0n) is 14.3. The highest BCUT2D eigenvalue weighted by molar-refractivity contribution is 6.00. The van der Waals surface area contributed by atoms with Gasteiger partial charge in [-0.05, 0) is 32.4 Å². The van der Waals surface area contributed by atoms with E-state index in [0.717, 1.165) is 0 Å². The minimum absolute atomic E-state index is 0.137. The number of nitrogens with one attached hydrogen (secondary N) is 1. The maximum absolute atomic E-state index is 13.7. The lowest BCUT2D eigenvalue weighted by molar-refractivity contribution is 0.0525. The quantitative estimate of drug-likeness (QED) is 0.855. The molecule has 0 saturated heterocycles. The summed E-state index contributed by atoms with van der Waals surface area (Å²) in [6.45, 7) is 5.54. The smallest absolute Gasteiger partial charge is 0.340 e. The van der Waals surface area contributed by atoms with E-state index < -0.39 is 5.97 Å². The van der Waals surface area contributed by atoms with Gasteiger partial charge in [0.05, 0.1) is 12.2 Å². The molecule has 0 atom stereocenters. The third-order valence-corrected chi connectivity index (χ3v) is 3.84. The summed E-state index contributed by atoms with van der Waals surface area (Å²) in [7, 11) is 1.59. The monoisotopic (exact) mass is 332 g/mol. The van der Waals surface area contributed by atoms with Gasteiger partial charge in [-0.2, -0.15) is 0 Å². The molecule has 0 aliphatic rings. The second kappa shape index (κ2) is 7.29. The number of hydrogen-bond donors (Lipinski definition) is 1. The Bertz CT molecular complexity index is 768. The van der Waals surface area contributed by atoms with Gasteiger partial charge in [-0.25, -0.2) is 9.18 Å². The van der Waals surface area contributed by atoms with Gasteiger partial charge in [-0.1, -0.05) is 18.2 Å². The Hall–Kier alpha value is -2.63. The van der Waals surface area contributed by atoms with E-state index in [2.05, 4.69) is 4.98 Å². The first kappa shape index (κ1) is 17.7. The van der Waals surface area contributed by atoms with Gasteiger partial charge >= 0.3 is 5.97 Å². The van der Waals surface area contributed by atoms with Crippen molar-refractivity contribution in [2.24, 2.45) is 0 Å². The lowest BCUT2D eigenvalue weighted by atomic mass is 10.1. The summed E-state index contributed by atoms with van der Waals surface area (Å²) >= 11 is 0. The first-order valence-corrected chi connectivity index (χ1v) is 7.72. The molecule has 1 N–H and O–H groups in total. The molecule has 24 heavy (non-hydrogen) atoms. The SMILES string of the molecule is CCOC(=O)c1c(C)[nH]c(C(=O)N(C)Cc2ccccc2F)c1C. The molecule has 1 aromatic carbocycles. The van der Waals surface area contributed by atoms with E-state index in [1.165, 1.54) is 11.0 Å². The summed E-state index contributed by atoms with van der Waals surface area (Å²) in [5.74, 6) is -1.13. The van der Waals surface area contributed by atoms with Crippen molar-refractivity contribution in [1.82, 2.24) is 9.88 Å². The van der Waals surface area contributed by atoms with Crippen LogP contribution in [0.3, 0.4) is 0 Å². The highest BCUT2D eigenvalue weighted by atomic mass is 19.1. The molecule has 1 amide bonds. The number of benzene rings is 1. The number of rotatable bonds is 5. The van der Waals surface area contributed by atoms with E-state index in [-0.39, 0.29) is 24.9 Å². The topological polar surface area (TPSA) is 62.4 Å². The lowest BCUT2D eigenvalue weighted by Gasteiger charge is -2.17. The number of aromatic nitrogens is 1. The maximum Gasteiger partial charge on any atom is 0.340 e. The second-order valence-corrected chi connectivity index (χ2v) is 5.60. The fourth-order valence-electron chi connectivity index (χ4n) is 2.62. The van der Waals surface area contributed by atoms with E-state index in [1.807, 2.05) is 0 Å². The molecule has 1 heterocycles. The van der Waals surface area contributed by atoms with Crippen molar-refractivity contribution in [2.45, 2.75) is 27.3 Å². The molecule has 0 radical (unpaired) electrons. The van der Waals surface area contributed by atoms with Crippen LogP contribution in [0.15, 0.2) is 24.3 Å². The number of carbonyl (C=O) groups is 2. The van der Waals surface area contributed by atoms with Gasteiger partial charge in [-0.3, -0.25) is 4.79 Å². The van der Waals surface area contributed by atoms with Crippen molar-refractivity contribution in [3.63, 3.8) is 0 Å². The molecule has 0 saturated carbocycles. The fourth-order valence-corrected chi connectivity index (χ4v) is 2.62. The van der Waals surface area contributed by atoms with Crippen LogP contribution in [0.1, 0.15) is 44.6 Å². The number of hydrogen-bond acceptors (Lipinski definition) is 3. The van der Waals surface area contributed by atoms with Crippen LogP contribution in [0.4, 0.5) is 4.39 Å². The lowest BCUT2D eigenvalue weighted by Crippen LogP contribution is -2.27. The van der Waals surface area contributed by atoms with Crippen molar-refractivity contribution >= 4 is 11.9 Å². The number of esters is 1.